The Morgan fingerprint density at radius 2 is 1.88 bits per heavy atom. The van der Waals surface area contributed by atoms with Crippen molar-refractivity contribution in [3.8, 4) is 11.4 Å². The molecule has 1 N–H and O–H groups in total. The molecule has 1 aliphatic rings. The molecule has 0 aliphatic carbocycles. The van der Waals surface area contributed by atoms with Crippen LogP contribution in [0.3, 0.4) is 0 Å². The molecule has 4 rings (SSSR count). The van der Waals surface area contributed by atoms with Gasteiger partial charge in [-0.05, 0) is 36.8 Å². The van der Waals surface area contributed by atoms with Crippen molar-refractivity contribution in [1.82, 2.24) is 14.9 Å². The van der Waals surface area contributed by atoms with Gasteiger partial charge in [-0.1, -0.05) is 30.3 Å². The summed E-state index contributed by atoms with van der Waals surface area (Å²) in [6.45, 7) is 4.24. The predicted molar refractivity (Wildman–Crippen MR) is 135 cm³/mol. The van der Waals surface area contributed by atoms with Crippen molar-refractivity contribution in [3.05, 3.63) is 71.9 Å². The summed E-state index contributed by atoms with van der Waals surface area (Å²) in [5.74, 6) is 1.49. The second kappa shape index (κ2) is 10.2. The SMILES string of the molecule is C[C@H]1COCCN1c1cc(C(S)c2ccccc2)nc(-c2ccc(NC(=O)N(C)C)cc2)n1. The lowest BCUT2D eigenvalue weighted by Crippen LogP contribution is -2.44. The van der Waals surface area contributed by atoms with Crippen LogP contribution in [0.5, 0.6) is 0 Å². The van der Waals surface area contributed by atoms with E-state index < -0.39 is 0 Å². The first-order valence-corrected chi connectivity index (χ1v) is 11.5. The van der Waals surface area contributed by atoms with Crippen LogP contribution < -0.4 is 10.2 Å². The number of urea groups is 1. The van der Waals surface area contributed by atoms with Gasteiger partial charge in [0.05, 0.1) is 30.2 Å². The molecule has 8 heteroatoms. The molecule has 1 aromatic heterocycles. The highest BCUT2D eigenvalue weighted by molar-refractivity contribution is 7.80. The molecule has 7 nitrogen and oxygen atoms in total. The molecule has 1 saturated heterocycles. The van der Waals surface area contributed by atoms with Gasteiger partial charge in [0, 0.05) is 38.0 Å². The highest BCUT2D eigenvalue weighted by Gasteiger charge is 2.23. The summed E-state index contributed by atoms with van der Waals surface area (Å²) in [6.07, 6.45) is 0. The molecule has 3 aromatic rings. The van der Waals surface area contributed by atoms with E-state index >= 15 is 0 Å². The van der Waals surface area contributed by atoms with Crippen molar-refractivity contribution in [2.75, 3.05) is 44.1 Å². The number of morpholine rings is 1. The van der Waals surface area contributed by atoms with Crippen LogP contribution >= 0.6 is 12.6 Å². The number of ether oxygens (including phenoxy) is 1. The number of hydrogen-bond donors (Lipinski definition) is 2. The third-order valence-electron chi connectivity index (χ3n) is 5.59. The van der Waals surface area contributed by atoms with Gasteiger partial charge in [-0.3, -0.25) is 0 Å². The number of amides is 2. The first-order chi connectivity index (χ1) is 15.9. The monoisotopic (exact) mass is 463 g/mol. The number of carbonyl (C=O) groups excluding carboxylic acids is 1. The summed E-state index contributed by atoms with van der Waals surface area (Å²) < 4.78 is 5.62. The van der Waals surface area contributed by atoms with Gasteiger partial charge in [-0.15, -0.1) is 0 Å². The second-order valence-electron chi connectivity index (χ2n) is 8.31. The zero-order valence-corrected chi connectivity index (χ0v) is 20.0. The Morgan fingerprint density at radius 1 is 1.15 bits per heavy atom. The zero-order valence-electron chi connectivity index (χ0n) is 19.1. The Balaban J connectivity index is 1.70. The van der Waals surface area contributed by atoms with Gasteiger partial charge in [-0.2, -0.15) is 12.6 Å². The molecule has 1 aliphatic heterocycles. The van der Waals surface area contributed by atoms with Crippen molar-refractivity contribution < 1.29 is 9.53 Å². The molecule has 0 radical (unpaired) electrons. The summed E-state index contributed by atoms with van der Waals surface area (Å²) >= 11 is 4.89. The van der Waals surface area contributed by atoms with Crippen LogP contribution in [0.25, 0.3) is 11.4 Å². The molecule has 0 saturated carbocycles. The molecule has 1 fully saturated rings. The topological polar surface area (TPSA) is 70.6 Å². The van der Waals surface area contributed by atoms with Gasteiger partial charge in [0.1, 0.15) is 5.82 Å². The van der Waals surface area contributed by atoms with E-state index in [-0.39, 0.29) is 17.3 Å². The van der Waals surface area contributed by atoms with Crippen LogP contribution in [0.2, 0.25) is 0 Å². The number of nitrogens with one attached hydrogen (secondary N) is 1. The third kappa shape index (κ3) is 5.46. The smallest absolute Gasteiger partial charge is 0.321 e. The van der Waals surface area contributed by atoms with E-state index in [9.17, 15) is 4.79 Å². The summed E-state index contributed by atoms with van der Waals surface area (Å²) in [5, 5.41) is 2.67. The van der Waals surface area contributed by atoms with Crippen LogP contribution in [-0.4, -0.2) is 60.8 Å². The largest absolute Gasteiger partial charge is 0.377 e. The van der Waals surface area contributed by atoms with Crippen LogP contribution in [0, 0.1) is 0 Å². The fraction of sp³-hybridized carbons (Fsp3) is 0.320. The maximum Gasteiger partial charge on any atom is 0.321 e. The Bertz CT molecular complexity index is 1090. The van der Waals surface area contributed by atoms with Crippen molar-refractivity contribution in [3.63, 3.8) is 0 Å². The number of anilines is 2. The van der Waals surface area contributed by atoms with Crippen LogP contribution in [-0.2, 0) is 4.74 Å². The minimum atomic E-state index is -0.179. The molecule has 0 spiro atoms. The van der Waals surface area contributed by atoms with Crippen molar-refractivity contribution in [1.29, 1.82) is 0 Å². The van der Waals surface area contributed by atoms with E-state index in [1.807, 2.05) is 48.5 Å². The molecule has 172 valence electrons. The van der Waals surface area contributed by atoms with Crippen LogP contribution in [0.15, 0.2) is 60.7 Å². The fourth-order valence-corrected chi connectivity index (χ4v) is 3.98. The first kappa shape index (κ1) is 23.1. The molecule has 2 amide bonds. The molecule has 1 unspecified atom stereocenters. The molecule has 33 heavy (non-hydrogen) atoms. The minimum absolute atomic E-state index is 0.176. The number of benzene rings is 2. The van der Waals surface area contributed by atoms with E-state index in [1.165, 1.54) is 4.90 Å². The first-order valence-electron chi connectivity index (χ1n) is 11.0. The lowest BCUT2D eigenvalue weighted by Gasteiger charge is -2.34. The van der Waals surface area contributed by atoms with Crippen LogP contribution in [0.4, 0.5) is 16.3 Å². The van der Waals surface area contributed by atoms with Crippen molar-refractivity contribution in [2.45, 2.75) is 18.2 Å². The molecular formula is C25H29N5O2S. The molecule has 2 atom stereocenters. The average Bonchev–Trinajstić information content (AvgIpc) is 2.84. The number of rotatable bonds is 5. The van der Waals surface area contributed by atoms with Crippen LogP contribution in [0.1, 0.15) is 23.4 Å². The number of thiol groups is 1. The normalized spacial score (nSPS) is 16.8. The lowest BCUT2D eigenvalue weighted by molar-refractivity contribution is 0.0985. The summed E-state index contributed by atoms with van der Waals surface area (Å²) in [5.41, 5.74) is 3.50. The summed E-state index contributed by atoms with van der Waals surface area (Å²) in [7, 11) is 3.41. The van der Waals surface area contributed by atoms with E-state index in [0.29, 0.717) is 24.7 Å². The zero-order chi connectivity index (χ0) is 23.4. The van der Waals surface area contributed by atoms with Gasteiger partial charge < -0.3 is 19.9 Å². The van der Waals surface area contributed by atoms with Crippen molar-refractivity contribution >= 4 is 30.2 Å². The van der Waals surface area contributed by atoms with E-state index in [4.69, 9.17) is 27.3 Å². The molecule has 2 heterocycles. The highest BCUT2D eigenvalue weighted by atomic mass is 32.1. The highest BCUT2D eigenvalue weighted by Crippen LogP contribution is 2.32. The second-order valence-corrected chi connectivity index (χ2v) is 8.82. The van der Waals surface area contributed by atoms with Gasteiger partial charge >= 0.3 is 6.03 Å². The van der Waals surface area contributed by atoms with Gasteiger partial charge in [0.25, 0.3) is 0 Å². The Kier molecular flexibility index (Phi) is 7.15. The number of carbonyl (C=O) groups is 1. The maximum atomic E-state index is 11.9. The fourth-order valence-electron chi connectivity index (χ4n) is 3.68. The Morgan fingerprint density at radius 3 is 2.55 bits per heavy atom. The summed E-state index contributed by atoms with van der Waals surface area (Å²) in [4.78, 5) is 25.5. The average molecular weight is 464 g/mol. The Hall–Kier alpha value is -3.10. The van der Waals surface area contributed by atoms with Gasteiger partial charge in [0.15, 0.2) is 5.82 Å². The predicted octanol–water partition coefficient (Wildman–Crippen LogP) is 4.48. The van der Waals surface area contributed by atoms with E-state index in [2.05, 4.69) is 29.3 Å². The van der Waals surface area contributed by atoms with Gasteiger partial charge in [-0.25, -0.2) is 14.8 Å². The molecular weight excluding hydrogens is 434 g/mol. The quantitative estimate of drug-likeness (QED) is 0.546. The van der Waals surface area contributed by atoms with E-state index in [0.717, 1.165) is 29.2 Å². The lowest BCUT2D eigenvalue weighted by atomic mass is 10.1. The number of nitrogens with zero attached hydrogens (tertiary/aromatic N) is 4. The number of hydrogen-bond acceptors (Lipinski definition) is 6. The summed E-state index contributed by atoms with van der Waals surface area (Å²) in [6, 6.07) is 19.8. The Labute approximate surface area is 200 Å². The van der Waals surface area contributed by atoms with Gasteiger partial charge in [0.2, 0.25) is 0 Å². The third-order valence-corrected chi connectivity index (χ3v) is 6.15. The van der Waals surface area contributed by atoms with E-state index in [1.54, 1.807) is 14.1 Å². The maximum absolute atomic E-state index is 11.9. The minimum Gasteiger partial charge on any atom is -0.377 e. The molecule has 2 aromatic carbocycles. The number of aromatic nitrogens is 2. The van der Waals surface area contributed by atoms with Crippen molar-refractivity contribution in [2.24, 2.45) is 0 Å². The standard InChI is InChI=1S/C25H29N5O2S/c1-17-16-32-14-13-30(17)22-15-21(23(33)18-7-5-4-6-8-18)27-24(28-22)19-9-11-20(12-10-19)26-25(31)29(2)3/h4-12,15,17,23,33H,13-14,16H2,1-3H3,(H,26,31)/t17-,23?/m0/s1. The molecule has 0 bridgehead atoms.